The molecule has 80 valence electrons. The van der Waals surface area contributed by atoms with Crippen molar-refractivity contribution in [2.24, 2.45) is 11.7 Å². The Morgan fingerprint density at radius 1 is 1.53 bits per heavy atom. The monoisotopic (exact) mass is 224 g/mol. The van der Waals surface area contributed by atoms with Crippen molar-refractivity contribution < 1.29 is 4.79 Å². The van der Waals surface area contributed by atoms with Crippen LogP contribution in [0, 0.1) is 5.92 Å². The molecule has 2 rings (SSSR count). The van der Waals surface area contributed by atoms with Crippen molar-refractivity contribution in [2.75, 3.05) is 6.54 Å². The molecule has 4 heteroatoms. The van der Waals surface area contributed by atoms with E-state index in [9.17, 15) is 4.79 Å². The molecule has 0 saturated carbocycles. The van der Waals surface area contributed by atoms with Crippen LogP contribution in [0.5, 0.6) is 0 Å². The maximum atomic E-state index is 11.0. The highest BCUT2D eigenvalue weighted by atomic mass is 35.5. The zero-order chi connectivity index (χ0) is 10.8. The molecule has 2 unspecified atom stereocenters. The van der Waals surface area contributed by atoms with E-state index in [1.807, 2.05) is 24.3 Å². The lowest BCUT2D eigenvalue weighted by atomic mass is 10.00. The van der Waals surface area contributed by atoms with Gasteiger partial charge in [-0.2, -0.15) is 0 Å². The van der Waals surface area contributed by atoms with Gasteiger partial charge in [-0.05, 0) is 24.1 Å². The van der Waals surface area contributed by atoms with Crippen molar-refractivity contribution in [3.8, 4) is 0 Å². The zero-order valence-corrected chi connectivity index (χ0v) is 9.00. The molecule has 0 radical (unpaired) electrons. The lowest BCUT2D eigenvalue weighted by molar-refractivity contribution is -0.121. The second-order valence-corrected chi connectivity index (χ2v) is 4.29. The molecule has 1 saturated heterocycles. The van der Waals surface area contributed by atoms with Gasteiger partial charge in [-0.3, -0.25) is 4.79 Å². The number of halogens is 1. The third-order valence-electron chi connectivity index (χ3n) is 2.78. The Labute approximate surface area is 93.6 Å². The van der Waals surface area contributed by atoms with Crippen molar-refractivity contribution in [3.63, 3.8) is 0 Å². The van der Waals surface area contributed by atoms with E-state index in [1.165, 1.54) is 0 Å². The molecular weight excluding hydrogens is 212 g/mol. The van der Waals surface area contributed by atoms with Gasteiger partial charge in [-0.1, -0.05) is 23.7 Å². The van der Waals surface area contributed by atoms with Crippen LogP contribution in [0.4, 0.5) is 0 Å². The maximum Gasteiger partial charge on any atom is 0.221 e. The molecule has 0 spiro atoms. The van der Waals surface area contributed by atoms with E-state index < -0.39 is 0 Å². The quantitative estimate of drug-likeness (QED) is 0.800. The average molecular weight is 225 g/mol. The molecule has 15 heavy (non-hydrogen) atoms. The summed E-state index contributed by atoms with van der Waals surface area (Å²) in [5.41, 5.74) is 6.38. The highest BCUT2D eigenvalue weighted by Gasteiger charge is 2.28. The first-order chi connectivity index (χ1) is 7.16. The van der Waals surface area contributed by atoms with Gasteiger partial charge in [0.05, 0.1) is 5.92 Å². The van der Waals surface area contributed by atoms with Gasteiger partial charge >= 0.3 is 0 Å². The van der Waals surface area contributed by atoms with E-state index in [4.69, 9.17) is 17.3 Å². The smallest absolute Gasteiger partial charge is 0.221 e. The topological polar surface area (TPSA) is 55.1 Å². The van der Waals surface area contributed by atoms with Gasteiger partial charge in [0, 0.05) is 17.6 Å². The number of amides is 1. The summed E-state index contributed by atoms with van der Waals surface area (Å²) in [5.74, 6) is -0.291. The standard InChI is InChI=1S/C11H13ClN2O/c12-9-3-1-2-7(4-9)10-5-8(6-14-10)11(13)15/h1-4,8,10,14H,5-6H2,(H2,13,15). The Balaban J connectivity index is 2.11. The van der Waals surface area contributed by atoms with Crippen LogP contribution in [0.2, 0.25) is 5.02 Å². The Kier molecular flexibility index (Phi) is 2.93. The molecule has 1 aromatic rings. The number of hydrogen-bond acceptors (Lipinski definition) is 2. The number of hydrogen-bond donors (Lipinski definition) is 2. The third kappa shape index (κ3) is 2.30. The summed E-state index contributed by atoms with van der Waals surface area (Å²) >= 11 is 5.90. The third-order valence-corrected chi connectivity index (χ3v) is 3.02. The van der Waals surface area contributed by atoms with Crippen LogP contribution in [0.3, 0.4) is 0 Å². The number of nitrogens with two attached hydrogens (primary N) is 1. The second kappa shape index (κ2) is 4.21. The lowest BCUT2D eigenvalue weighted by Crippen LogP contribution is -2.24. The molecule has 1 heterocycles. The summed E-state index contributed by atoms with van der Waals surface area (Å²) in [6, 6.07) is 7.87. The van der Waals surface area contributed by atoms with Crippen LogP contribution in [0.25, 0.3) is 0 Å². The highest BCUT2D eigenvalue weighted by Crippen LogP contribution is 2.28. The van der Waals surface area contributed by atoms with Crippen LogP contribution in [-0.4, -0.2) is 12.5 Å². The average Bonchev–Trinajstić information content (AvgIpc) is 2.66. The van der Waals surface area contributed by atoms with Crippen molar-refractivity contribution in [1.82, 2.24) is 5.32 Å². The maximum absolute atomic E-state index is 11.0. The van der Waals surface area contributed by atoms with Gasteiger partial charge in [-0.15, -0.1) is 0 Å². The summed E-state index contributed by atoms with van der Waals surface area (Å²) in [5, 5.41) is 3.99. The summed E-state index contributed by atoms with van der Waals surface area (Å²) < 4.78 is 0. The van der Waals surface area contributed by atoms with Gasteiger partial charge in [0.1, 0.15) is 0 Å². The molecule has 1 fully saturated rings. The second-order valence-electron chi connectivity index (χ2n) is 3.85. The van der Waals surface area contributed by atoms with Crippen molar-refractivity contribution in [1.29, 1.82) is 0 Å². The fourth-order valence-electron chi connectivity index (χ4n) is 1.93. The Bertz CT molecular complexity index is 381. The molecule has 0 aliphatic carbocycles. The molecular formula is C11H13ClN2O. The van der Waals surface area contributed by atoms with Crippen molar-refractivity contribution in [2.45, 2.75) is 12.5 Å². The minimum Gasteiger partial charge on any atom is -0.369 e. The van der Waals surface area contributed by atoms with Crippen LogP contribution >= 0.6 is 11.6 Å². The Morgan fingerprint density at radius 3 is 2.93 bits per heavy atom. The highest BCUT2D eigenvalue weighted by molar-refractivity contribution is 6.30. The number of primary amides is 1. The SMILES string of the molecule is NC(=O)C1CNC(c2cccc(Cl)c2)C1. The van der Waals surface area contributed by atoms with Gasteiger partial charge in [0.25, 0.3) is 0 Å². The number of carbonyl (C=O) groups is 1. The van der Waals surface area contributed by atoms with Crippen molar-refractivity contribution in [3.05, 3.63) is 34.9 Å². The molecule has 0 bridgehead atoms. The van der Waals surface area contributed by atoms with E-state index in [2.05, 4.69) is 5.32 Å². The molecule has 1 aromatic carbocycles. The minimum atomic E-state index is -0.230. The number of benzene rings is 1. The summed E-state index contributed by atoms with van der Waals surface area (Å²) in [7, 11) is 0. The molecule has 3 N–H and O–H groups in total. The molecule has 0 aromatic heterocycles. The fraction of sp³-hybridized carbons (Fsp3) is 0.364. The van der Waals surface area contributed by atoms with Crippen LogP contribution in [0.15, 0.2) is 24.3 Å². The number of nitrogens with one attached hydrogen (secondary N) is 1. The lowest BCUT2D eigenvalue weighted by Gasteiger charge is -2.10. The summed E-state index contributed by atoms with van der Waals surface area (Å²) in [6.07, 6.45) is 0.760. The number of rotatable bonds is 2. The van der Waals surface area contributed by atoms with Crippen LogP contribution in [-0.2, 0) is 4.79 Å². The summed E-state index contributed by atoms with van der Waals surface area (Å²) in [4.78, 5) is 11.0. The number of carbonyl (C=O) groups excluding carboxylic acids is 1. The normalized spacial score (nSPS) is 25.4. The first-order valence-electron chi connectivity index (χ1n) is 4.95. The van der Waals surface area contributed by atoms with Gasteiger partial charge in [0.15, 0.2) is 0 Å². The largest absolute Gasteiger partial charge is 0.369 e. The molecule has 2 atom stereocenters. The zero-order valence-electron chi connectivity index (χ0n) is 8.24. The Morgan fingerprint density at radius 2 is 2.33 bits per heavy atom. The molecule has 3 nitrogen and oxygen atoms in total. The van der Waals surface area contributed by atoms with E-state index in [0.717, 1.165) is 17.0 Å². The molecule has 1 aliphatic heterocycles. The molecule has 1 aliphatic rings. The van der Waals surface area contributed by atoms with Gasteiger partial charge in [0.2, 0.25) is 5.91 Å². The summed E-state index contributed by atoms with van der Waals surface area (Å²) in [6.45, 7) is 0.659. The first kappa shape index (κ1) is 10.5. The minimum absolute atomic E-state index is 0.0611. The van der Waals surface area contributed by atoms with Gasteiger partial charge < -0.3 is 11.1 Å². The van der Waals surface area contributed by atoms with Gasteiger partial charge in [-0.25, -0.2) is 0 Å². The van der Waals surface area contributed by atoms with Crippen molar-refractivity contribution >= 4 is 17.5 Å². The van der Waals surface area contributed by atoms with E-state index >= 15 is 0 Å². The van der Waals surface area contributed by atoms with E-state index in [-0.39, 0.29) is 17.9 Å². The predicted molar refractivity (Wildman–Crippen MR) is 59.5 cm³/mol. The van der Waals surface area contributed by atoms with E-state index in [1.54, 1.807) is 0 Å². The fourth-order valence-corrected chi connectivity index (χ4v) is 2.13. The first-order valence-corrected chi connectivity index (χ1v) is 5.33. The predicted octanol–water partition coefficient (Wildman–Crippen LogP) is 1.48. The molecule has 1 amide bonds. The van der Waals surface area contributed by atoms with E-state index in [0.29, 0.717) is 6.54 Å². The Hall–Kier alpha value is -1.06. The van der Waals surface area contributed by atoms with Crippen LogP contribution < -0.4 is 11.1 Å². The van der Waals surface area contributed by atoms with Crippen LogP contribution in [0.1, 0.15) is 18.0 Å².